The van der Waals surface area contributed by atoms with Gasteiger partial charge in [-0.2, -0.15) is 0 Å². The topological polar surface area (TPSA) is 29.1 Å². The molecule has 0 spiro atoms. The first kappa shape index (κ1) is 12.5. The summed E-state index contributed by atoms with van der Waals surface area (Å²) in [6.07, 6.45) is 0.781. The Kier molecular flexibility index (Phi) is 4.77. The Bertz CT molecular complexity index is 379. The second kappa shape index (κ2) is 6.11. The van der Waals surface area contributed by atoms with E-state index in [0.717, 1.165) is 24.2 Å². The quantitative estimate of drug-likeness (QED) is 0.768. The zero-order valence-corrected chi connectivity index (χ0v) is 10.2. The Morgan fingerprint density at radius 1 is 1.19 bits per heavy atom. The summed E-state index contributed by atoms with van der Waals surface area (Å²) in [5, 5.41) is 3.29. The van der Waals surface area contributed by atoms with Crippen molar-refractivity contribution in [1.29, 1.82) is 0 Å². The Morgan fingerprint density at radius 3 is 2.31 bits per heavy atom. The van der Waals surface area contributed by atoms with Crippen LogP contribution < -0.4 is 5.32 Å². The van der Waals surface area contributed by atoms with Crippen LogP contribution in [-0.4, -0.2) is 5.78 Å². The number of carbonyl (C=O) groups is 1. The van der Waals surface area contributed by atoms with Crippen molar-refractivity contribution >= 4 is 5.78 Å². The number of rotatable bonds is 5. The highest BCUT2D eigenvalue weighted by atomic mass is 16.1. The first-order valence-electron chi connectivity index (χ1n) is 5.63. The molecule has 0 radical (unpaired) electrons. The highest BCUT2D eigenvalue weighted by molar-refractivity contribution is 5.93. The number of allylic oxidation sites excluding steroid dienone is 2. The van der Waals surface area contributed by atoms with Crippen LogP contribution in [0.4, 0.5) is 0 Å². The van der Waals surface area contributed by atoms with Crippen molar-refractivity contribution < 1.29 is 4.79 Å². The number of hydrogen-bond acceptors (Lipinski definition) is 2. The zero-order chi connectivity index (χ0) is 12.0. The number of hydrogen-bond donors (Lipinski definition) is 1. The summed E-state index contributed by atoms with van der Waals surface area (Å²) < 4.78 is 0. The fraction of sp³-hybridized carbons (Fsp3) is 0.357. The van der Waals surface area contributed by atoms with E-state index in [0.29, 0.717) is 0 Å². The maximum Gasteiger partial charge on any atom is 0.157 e. The molecule has 0 aliphatic rings. The van der Waals surface area contributed by atoms with Crippen LogP contribution in [-0.2, 0) is 11.3 Å². The summed E-state index contributed by atoms with van der Waals surface area (Å²) in [7, 11) is 0. The average molecular weight is 217 g/mol. The van der Waals surface area contributed by atoms with Crippen LogP contribution in [0.1, 0.15) is 32.8 Å². The van der Waals surface area contributed by atoms with Gasteiger partial charge in [-0.05, 0) is 25.8 Å². The van der Waals surface area contributed by atoms with E-state index in [4.69, 9.17) is 0 Å². The van der Waals surface area contributed by atoms with E-state index in [1.807, 2.05) is 32.0 Å². The predicted molar refractivity (Wildman–Crippen MR) is 67.0 cm³/mol. The molecule has 0 unspecified atom stereocenters. The van der Waals surface area contributed by atoms with Gasteiger partial charge in [0.1, 0.15) is 0 Å². The Balaban J connectivity index is 2.65. The smallest absolute Gasteiger partial charge is 0.157 e. The van der Waals surface area contributed by atoms with Gasteiger partial charge in [-0.1, -0.05) is 37.3 Å². The standard InChI is InChI=1S/C14H19NO/c1-4-14(12(3)16)11(2)15-10-13-8-6-5-7-9-13/h5-9,15H,4,10H2,1-3H3/b14-11-. The number of benzene rings is 1. The molecule has 2 nitrogen and oxygen atoms in total. The largest absolute Gasteiger partial charge is 0.384 e. The summed E-state index contributed by atoms with van der Waals surface area (Å²) in [4.78, 5) is 11.3. The molecule has 86 valence electrons. The van der Waals surface area contributed by atoms with Crippen molar-refractivity contribution in [3.63, 3.8) is 0 Å². The van der Waals surface area contributed by atoms with Crippen LogP contribution in [0, 0.1) is 0 Å². The van der Waals surface area contributed by atoms with Gasteiger partial charge in [-0.3, -0.25) is 4.79 Å². The van der Waals surface area contributed by atoms with Crippen molar-refractivity contribution in [2.75, 3.05) is 0 Å². The summed E-state index contributed by atoms with van der Waals surface area (Å²) in [5.74, 6) is 0.153. The fourth-order valence-corrected chi connectivity index (χ4v) is 1.72. The van der Waals surface area contributed by atoms with Crippen molar-refractivity contribution in [2.45, 2.75) is 33.7 Å². The first-order chi connectivity index (χ1) is 7.65. The van der Waals surface area contributed by atoms with Crippen molar-refractivity contribution in [1.82, 2.24) is 5.32 Å². The van der Waals surface area contributed by atoms with Gasteiger partial charge >= 0.3 is 0 Å². The maximum absolute atomic E-state index is 11.3. The molecule has 0 amide bonds. The minimum absolute atomic E-state index is 0.153. The van der Waals surface area contributed by atoms with Crippen LogP contribution in [0.2, 0.25) is 0 Å². The number of Topliss-reactive ketones (excluding diaryl/α,β-unsaturated/α-hetero) is 1. The molecular weight excluding hydrogens is 198 g/mol. The summed E-state index contributed by atoms with van der Waals surface area (Å²) in [6, 6.07) is 10.2. The normalized spacial score (nSPS) is 11.9. The fourth-order valence-electron chi connectivity index (χ4n) is 1.72. The molecule has 0 aromatic heterocycles. The third-order valence-electron chi connectivity index (χ3n) is 2.63. The van der Waals surface area contributed by atoms with Crippen molar-refractivity contribution in [2.24, 2.45) is 0 Å². The second-order valence-corrected chi connectivity index (χ2v) is 3.85. The van der Waals surface area contributed by atoms with Gasteiger partial charge in [-0.15, -0.1) is 0 Å². The van der Waals surface area contributed by atoms with Crippen LogP contribution in [0.5, 0.6) is 0 Å². The summed E-state index contributed by atoms with van der Waals surface area (Å²) in [5.41, 5.74) is 3.09. The lowest BCUT2D eigenvalue weighted by Gasteiger charge is -2.10. The predicted octanol–water partition coefficient (Wildman–Crippen LogP) is 3.05. The van der Waals surface area contributed by atoms with E-state index < -0.39 is 0 Å². The van der Waals surface area contributed by atoms with E-state index in [2.05, 4.69) is 17.4 Å². The van der Waals surface area contributed by atoms with E-state index in [1.54, 1.807) is 6.92 Å². The summed E-state index contributed by atoms with van der Waals surface area (Å²) >= 11 is 0. The van der Waals surface area contributed by atoms with Crippen LogP contribution >= 0.6 is 0 Å². The van der Waals surface area contributed by atoms with Crippen LogP contribution in [0.25, 0.3) is 0 Å². The van der Waals surface area contributed by atoms with Gasteiger partial charge in [0.25, 0.3) is 0 Å². The lowest BCUT2D eigenvalue weighted by Crippen LogP contribution is -2.15. The average Bonchev–Trinajstić information content (AvgIpc) is 2.28. The molecule has 16 heavy (non-hydrogen) atoms. The van der Waals surface area contributed by atoms with Crippen molar-refractivity contribution in [3.8, 4) is 0 Å². The second-order valence-electron chi connectivity index (χ2n) is 3.85. The van der Waals surface area contributed by atoms with Gasteiger partial charge in [0.15, 0.2) is 5.78 Å². The molecule has 1 aromatic carbocycles. The van der Waals surface area contributed by atoms with Crippen LogP contribution in [0.3, 0.4) is 0 Å². The molecule has 0 atom stereocenters. The zero-order valence-electron chi connectivity index (χ0n) is 10.2. The highest BCUT2D eigenvalue weighted by Crippen LogP contribution is 2.08. The van der Waals surface area contributed by atoms with Crippen molar-refractivity contribution in [3.05, 3.63) is 47.2 Å². The van der Waals surface area contributed by atoms with Gasteiger partial charge in [-0.25, -0.2) is 0 Å². The third kappa shape index (κ3) is 3.54. The monoisotopic (exact) mass is 217 g/mol. The summed E-state index contributed by atoms with van der Waals surface area (Å²) in [6.45, 7) is 6.35. The Labute approximate surface area is 97.4 Å². The van der Waals surface area contributed by atoms with Gasteiger partial charge < -0.3 is 5.32 Å². The molecule has 1 N–H and O–H groups in total. The molecule has 0 fully saturated rings. The van der Waals surface area contributed by atoms with E-state index in [1.165, 1.54) is 5.56 Å². The number of carbonyl (C=O) groups excluding carboxylic acids is 1. The Hall–Kier alpha value is -1.57. The lowest BCUT2D eigenvalue weighted by atomic mass is 10.1. The molecule has 0 saturated heterocycles. The molecule has 0 bridgehead atoms. The molecule has 1 rings (SSSR count). The molecular formula is C14H19NO. The number of nitrogens with one attached hydrogen (secondary N) is 1. The van der Waals surface area contributed by atoms with E-state index >= 15 is 0 Å². The molecule has 1 aromatic rings. The van der Waals surface area contributed by atoms with Gasteiger partial charge in [0.05, 0.1) is 0 Å². The Morgan fingerprint density at radius 2 is 1.81 bits per heavy atom. The highest BCUT2D eigenvalue weighted by Gasteiger charge is 2.05. The third-order valence-corrected chi connectivity index (χ3v) is 2.63. The van der Waals surface area contributed by atoms with Gasteiger partial charge in [0, 0.05) is 17.8 Å². The minimum atomic E-state index is 0.153. The minimum Gasteiger partial charge on any atom is -0.384 e. The van der Waals surface area contributed by atoms with Gasteiger partial charge in [0.2, 0.25) is 0 Å². The first-order valence-corrected chi connectivity index (χ1v) is 5.63. The molecule has 0 heterocycles. The van der Waals surface area contributed by atoms with E-state index in [-0.39, 0.29) is 5.78 Å². The molecule has 2 heteroatoms. The molecule has 0 saturated carbocycles. The lowest BCUT2D eigenvalue weighted by molar-refractivity contribution is -0.113. The maximum atomic E-state index is 11.3. The molecule has 0 aliphatic heterocycles. The SMILES string of the molecule is CC/C(C(C)=O)=C(\C)NCc1ccccc1. The number of ketones is 1. The molecule has 0 aliphatic carbocycles. The van der Waals surface area contributed by atoms with Crippen LogP contribution in [0.15, 0.2) is 41.6 Å². The van der Waals surface area contributed by atoms with E-state index in [9.17, 15) is 4.79 Å².